The second kappa shape index (κ2) is 6.84. The van der Waals surface area contributed by atoms with Crippen molar-refractivity contribution in [2.75, 3.05) is 31.1 Å². The van der Waals surface area contributed by atoms with Gasteiger partial charge < -0.3 is 14.8 Å². The van der Waals surface area contributed by atoms with Crippen molar-refractivity contribution in [1.29, 1.82) is 5.26 Å². The first-order chi connectivity index (χ1) is 12.7. The highest BCUT2D eigenvalue weighted by Crippen LogP contribution is 2.19. The number of benzene rings is 1. The van der Waals surface area contributed by atoms with Crippen molar-refractivity contribution in [3.63, 3.8) is 0 Å². The quantitative estimate of drug-likeness (QED) is 0.780. The van der Waals surface area contributed by atoms with Crippen LogP contribution in [0.4, 0.5) is 5.82 Å². The average molecular weight is 346 g/mol. The Labute approximate surface area is 150 Å². The summed E-state index contributed by atoms with van der Waals surface area (Å²) in [6.07, 6.45) is 3.72. The minimum Gasteiger partial charge on any atom is -0.361 e. The number of nitrogens with zero attached hydrogens (tertiary/aromatic N) is 5. The highest BCUT2D eigenvalue weighted by Gasteiger charge is 2.23. The van der Waals surface area contributed by atoms with Crippen LogP contribution in [0, 0.1) is 11.3 Å². The van der Waals surface area contributed by atoms with Gasteiger partial charge in [-0.05, 0) is 11.6 Å². The Morgan fingerprint density at radius 2 is 2.00 bits per heavy atom. The highest BCUT2D eigenvalue weighted by atomic mass is 16.2. The smallest absolute Gasteiger partial charge is 0.227 e. The summed E-state index contributed by atoms with van der Waals surface area (Å²) in [4.78, 5) is 28.0. The van der Waals surface area contributed by atoms with E-state index in [2.05, 4.69) is 19.9 Å². The Hall–Kier alpha value is -3.40. The zero-order valence-corrected chi connectivity index (χ0v) is 14.2. The van der Waals surface area contributed by atoms with E-state index in [1.54, 1.807) is 6.07 Å². The highest BCUT2D eigenvalue weighted by molar-refractivity contribution is 5.89. The van der Waals surface area contributed by atoms with Crippen LogP contribution >= 0.6 is 0 Å². The number of nitrogens with one attached hydrogen (secondary N) is 1. The number of aromatic nitrogens is 3. The molecule has 7 heteroatoms. The Morgan fingerprint density at radius 3 is 2.81 bits per heavy atom. The number of H-pyrrole nitrogens is 1. The fourth-order valence-corrected chi connectivity index (χ4v) is 3.32. The van der Waals surface area contributed by atoms with Crippen molar-refractivity contribution in [2.24, 2.45) is 0 Å². The number of carbonyl (C=O) groups is 1. The van der Waals surface area contributed by atoms with E-state index in [0.29, 0.717) is 38.3 Å². The molecule has 1 aromatic carbocycles. The molecule has 0 unspecified atom stereocenters. The van der Waals surface area contributed by atoms with Crippen LogP contribution in [0.15, 0.2) is 42.9 Å². The topological polar surface area (TPSA) is 88.9 Å². The molecule has 3 heterocycles. The predicted molar refractivity (Wildman–Crippen MR) is 97.5 cm³/mol. The van der Waals surface area contributed by atoms with Crippen molar-refractivity contribution in [2.45, 2.75) is 6.42 Å². The first-order valence-corrected chi connectivity index (χ1v) is 8.54. The van der Waals surface area contributed by atoms with E-state index in [4.69, 9.17) is 5.26 Å². The molecule has 0 radical (unpaired) electrons. The fourth-order valence-electron chi connectivity index (χ4n) is 3.32. The van der Waals surface area contributed by atoms with Crippen molar-refractivity contribution in [1.82, 2.24) is 19.9 Å². The summed E-state index contributed by atoms with van der Waals surface area (Å²) in [5, 5.41) is 10.1. The van der Waals surface area contributed by atoms with Crippen LogP contribution in [0.3, 0.4) is 0 Å². The maximum absolute atomic E-state index is 12.7. The molecule has 1 aliphatic heterocycles. The molecule has 0 saturated carbocycles. The maximum Gasteiger partial charge on any atom is 0.227 e. The van der Waals surface area contributed by atoms with Gasteiger partial charge >= 0.3 is 0 Å². The molecule has 0 atom stereocenters. The predicted octanol–water partition coefficient (Wildman–Crippen LogP) is 1.72. The van der Waals surface area contributed by atoms with Crippen LogP contribution in [-0.2, 0) is 11.2 Å². The van der Waals surface area contributed by atoms with E-state index >= 15 is 0 Å². The number of piperazine rings is 1. The van der Waals surface area contributed by atoms with E-state index in [0.717, 1.165) is 22.3 Å². The van der Waals surface area contributed by atoms with Crippen LogP contribution in [0.5, 0.6) is 0 Å². The third kappa shape index (κ3) is 3.09. The standard InChI is InChI=1S/C19H18N6O/c20-11-15-10-18(23-13-22-15)24-5-7-25(8-6-24)19(26)9-14-12-21-17-4-2-1-3-16(14)17/h1-4,10,12-13,21H,5-9H2. The molecule has 2 aromatic heterocycles. The van der Waals surface area contributed by atoms with Crippen LogP contribution < -0.4 is 4.90 Å². The molecular weight excluding hydrogens is 328 g/mol. The van der Waals surface area contributed by atoms with E-state index in [9.17, 15) is 4.79 Å². The van der Waals surface area contributed by atoms with Crippen molar-refractivity contribution in [3.8, 4) is 6.07 Å². The zero-order valence-electron chi connectivity index (χ0n) is 14.2. The second-order valence-electron chi connectivity index (χ2n) is 6.28. The summed E-state index contributed by atoms with van der Waals surface area (Å²) in [7, 11) is 0. The molecule has 1 saturated heterocycles. The minimum atomic E-state index is 0.134. The van der Waals surface area contributed by atoms with Crippen LogP contribution in [0.1, 0.15) is 11.3 Å². The zero-order chi connectivity index (χ0) is 17.9. The molecule has 3 aromatic rings. The second-order valence-corrected chi connectivity index (χ2v) is 6.28. The lowest BCUT2D eigenvalue weighted by Crippen LogP contribution is -2.49. The number of aromatic amines is 1. The Morgan fingerprint density at radius 1 is 1.19 bits per heavy atom. The summed E-state index contributed by atoms with van der Waals surface area (Å²) in [6, 6.07) is 11.7. The summed E-state index contributed by atoms with van der Waals surface area (Å²) in [5.74, 6) is 0.870. The number of carbonyl (C=O) groups excluding carboxylic acids is 1. The van der Waals surface area contributed by atoms with Crippen LogP contribution in [0.2, 0.25) is 0 Å². The van der Waals surface area contributed by atoms with Crippen molar-refractivity contribution in [3.05, 3.63) is 54.1 Å². The summed E-state index contributed by atoms with van der Waals surface area (Å²) < 4.78 is 0. The van der Waals surface area contributed by atoms with Gasteiger partial charge in [-0.1, -0.05) is 18.2 Å². The summed E-state index contributed by atoms with van der Waals surface area (Å²) in [6.45, 7) is 2.68. The molecule has 1 amide bonds. The first kappa shape index (κ1) is 16.1. The van der Waals surface area contributed by atoms with Crippen LogP contribution in [0.25, 0.3) is 10.9 Å². The number of hydrogen-bond donors (Lipinski definition) is 1. The van der Waals surface area contributed by atoms with E-state index in [1.165, 1.54) is 6.33 Å². The number of amides is 1. The van der Waals surface area contributed by atoms with Gasteiger partial charge in [-0.2, -0.15) is 5.26 Å². The molecule has 26 heavy (non-hydrogen) atoms. The van der Waals surface area contributed by atoms with Crippen molar-refractivity contribution < 1.29 is 4.79 Å². The van der Waals surface area contributed by atoms with Gasteiger partial charge in [0.05, 0.1) is 6.42 Å². The Kier molecular flexibility index (Phi) is 4.23. The summed E-state index contributed by atoms with van der Waals surface area (Å²) >= 11 is 0. The van der Waals surface area contributed by atoms with Gasteiger partial charge in [0, 0.05) is 49.3 Å². The Balaban J connectivity index is 1.40. The van der Waals surface area contributed by atoms with Gasteiger partial charge in [-0.25, -0.2) is 9.97 Å². The lowest BCUT2D eigenvalue weighted by molar-refractivity contribution is -0.130. The SMILES string of the molecule is N#Cc1cc(N2CCN(C(=O)Cc3c[nH]c4ccccc34)CC2)ncn1. The van der Waals surface area contributed by atoms with Gasteiger partial charge in [0.25, 0.3) is 0 Å². The monoisotopic (exact) mass is 346 g/mol. The lowest BCUT2D eigenvalue weighted by atomic mass is 10.1. The molecule has 1 fully saturated rings. The van der Waals surface area contributed by atoms with E-state index < -0.39 is 0 Å². The van der Waals surface area contributed by atoms with Gasteiger partial charge in [0.2, 0.25) is 5.91 Å². The largest absolute Gasteiger partial charge is 0.361 e. The van der Waals surface area contributed by atoms with Gasteiger partial charge in [0.15, 0.2) is 0 Å². The van der Waals surface area contributed by atoms with E-state index in [1.807, 2.05) is 41.4 Å². The molecular formula is C19H18N6O. The molecule has 1 aliphatic rings. The molecule has 0 aliphatic carbocycles. The molecule has 0 bridgehead atoms. The molecule has 4 rings (SSSR count). The third-order valence-corrected chi connectivity index (χ3v) is 4.74. The normalized spacial score (nSPS) is 14.4. The molecule has 130 valence electrons. The number of anilines is 1. The van der Waals surface area contributed by atoms with Crippen molar-refractivity contribution >= 4 is 22.6 Å². The molecule has 7 nitrogen and oxygen atoms in total. The molecule has 0 spiro atoms. The van der Waals surface area contributed by atoms with Gasteiger partial charge in [-0.3, -0.25) is 4.79 Å². The summed E-state index contributed by atoms with van der Waals surface area (Å²) in [5.41, 5.74) is 2.44. The van der Waals surface area contributed by atoms with Gasteiger partial charge in [0.1, 0.15) is 23.9 Å². The number of fused-ring (bicyclic) bond motifs is 1. The Bertz CT molecular complexity index is 981. The number of nitriles is 1. The van der Waals surface area contributed by atoms with E-state index in [-0.39, 0.29) is 5.91 Å². The number of para-hydroxylation sites is 1. The minimum absolute atomic E-state index is 0.134. The lowest BCUT2D eigenvalue weighted by Gasteiger charge is -2.35. The first-order valence-electron chi connectivity index (χ1n) is 8.54. The van der Waals surface area contributed by atoms with Crippen LogP contribution in [-0.4, -0.2) is 51.9 Å². The maximum atomic E-state index is 12.7. The number of rotatable bonds is 3. The average Bonchev–Trinajstić information content (AvgIpc) is 3.11. The fraction of sp³-hybridized carbons (Fsp3) is 0.263. The number of hydrogen-bond acceptors (Lipinski definition) is 5. The molecule has 1 N–H and O–H groups in total. The third-order valence-electron chi connectivity index (χ3n) is 4.74. The van der Waals surface area contributed by atoms with Gasteiger partial charge in [-0.15, -0.1) is 0 Å².